The van der Waals surface area contributed by atoms with Crippen LogP contribution in [0.5, 0.6) is 5.75 Å². The minimum absolute atomic E-state index is 0.243. The maximum atomic E-state index is 13.3. The van der Waals surface area contributed by atoms with Gasteiger partial charge in [-0.15, -0.1) is 0 Å². The van der Waals surface area contributed by atoms with Crippen LogP contribution in [0.15, 0.2) is 24.3 Å². The molecule has 0 saturated heterocycles. The van der Waals surface area contributed by atoms with Crippen molar-refractivity contribution in [1.82, 2.24) is 5.34 Å². The first kappa shape index (κ1) is 12.4. The van der Waals surface area contributed by atoms with Crippen LogP contribution >= 0.6 is 0 Å². The summed E-state index contributed by atoms with van der Waals surface area (Å²) in [5.74, 6) is -4.40. The molecule has 2 atom stereocenters. The van der Waals surface area contributed by atoms with Gasteiger partial charge in [0.2, 0.25) is 0 Å². The summed E-state index contributed by atoms with van der Waals surface area (Å²) in [7, 11) is 0. The molecule has 1 radical (unpaired) electrons. The van der Waals surface area contributed by atoms with Crippen LogP contribution in [-0.4, -0.2) is 22.5 Å². The fraction of sp³-hybridized carbons (Fsp3) is 0.222. The summed E-state index contributed by atoms with van der Waals surface area (Å²) in [6, 6.07) is 3.73. The number of phenolic OH excluding ortho intramolecular Hbond substituents is 1. The number of rotatable bonds is 4. The summed E-state index contributed by atoms with van der Waals surface area (Å²) in [4.78, 5) is 10.0. The Morgan fingerprint density at radius 3 is 2.19 bits per heavy atom. The average molecular weight is 236 g/mol. The van der Waals surface area contributed by atoms with E-state index in [0.717, 1.165) is 24.3 Å². The molecule has 0 aliphatic carbocycles. The predicted molar refractivity (Wildman–Crippen MR) is 45.5 cm³/mol. The average Bonchev–Trinajstić information content (AvgIpc) is 2.27. The van der Waals surface area contributed by atoms with Gasteiger partial charge in [0, 0.05) is 0 Å². The summed E-state index contributed by atoms with van der Waals surface area (Å²) in [6.07, 6.45) is -2.59. The number of carbonyl (C=O) groups excluding carboxylic acids is 1. The molecule has 16 heavy (non-hydrogen) atoms. The van der Waals surface area contributed by atoms with E-state index in [9.17, 15) is 22.5 Å². The van der Waals surface area contributed by atoms with Crippen LogP contribution < -0.4 is 0 Å². The Morgan fingerprint density at radius 1 is 1.31 bits per heavy atom. The van der Waals surface area contributed by atoms with Gasteiger partial charge in [-0.2, -0.15) is 0 Å². The van der Waals surface area contributed by atoms with Crippen molar-refractivity contribution in [3.8, 4) is 5.75 Å². The standard InChI is InChI=1S/C9H6F4NO2/c10-8(9(11,5-15)14(12)13)6-1-3-7(16)4-2-6/h1-4,8,16H/t8?,9-/m1/s1. The van der Waals surface area contributed by atoms with Crippen LogP contribution in [0, 0.1) is 0 Å². The summed E-state index contributed by atoms with van der Waals surface area (Å²) >= 11 is 0. The van der Waals surface area contributed by atoms with Crippen molar-refractivity contribution < 1.29 is 27.6 Å². The van der Waals surface area contributed by atoms with Gasteiger partial charge >= 0.3 is 5.79 Å². The summed E-state index contributed by atoms with van der Waals surface area (Å²) in [5.41, 5.74) is -0.510. The van der Waals surface area contributed by atoms with Crippen LogP contribution in [0.25, 0.3) is 0 Å². The lowest BCUT2D eigenvalue weighted by molar-refractivity contribution is -0.269. The molecule has 87 valence electrons. The number of hydrogen-bond acceptors (Lipinski definition) is 3. The van der Waals surface area contributed by atoms with Crippen molar-refractivity contribution in [3.63, 3.8) is 0 Å². The molecule has 1 aromatic carbocycles. The number of hydrogen-bond donors (Lipinski definition) is 1. The molecular formula is C9H6F4NO2. The van der Waals surface area contributed by atoms with Gasteiger partial charge in [-0.3, -0.25) is 4.79 Å². The number of halogens is 4. The van der Waals surface area contributed by atoms with Crippen LogP contribution in [0.1, 0.15) is 11.7 Å². The predicted octanol–water partition coefficient (Wildman–Crippen LogP) is 2.25. The highest BCUT2D eigenvalue weighted by Gasteiger charge is 2.50. The van der Waals surface area contributed by atoms with E-state index in [2.05, 4.69) is 0 Å². The Kier molecular flexibility index (Phi) is 3.48. The van der Waals surface area contributed by atoms with E-state index in [1.165, 1.54) is 0 Å². The summed E-state index contributed by atoms with van der Waals surface area (Å²) in [6.45, 7) is 0. The van der Waals surface area contributed by atoms with Gasteiger partial charge in [-0.05, 0) is 17.7 Å². The lowest BCUT2D eigenvalue weighted by Crippen LogP contribution is -2.41. The number of nitrogens with zero attached hydrogens (tertiary/aromatic N) is 1. The first-order chi connectivity index (χ1) is 7.41. The Labute approximate surface area is 87.8 Å². The molecule has 1 unspecified atom stereocenters. The van der Waals surface area contributed by atoms with Crippen molar-refractivity contribution in [1.29, 1.82) is 0 Å². The van der Waals surface area contributed by atoms with Crippen molar-refractivity contribution >= 4 is 6.29 Å². The van der Waals surface area contributed by atoms with E-state index >= 15 is 0 Å². The van der Waals surface area contributed by atoms with E-state index in [4.69, 9.17) is 5.11 Å². The zero-order valence-corrected chi connectivity index (χ0v) is 7.70. The van der Waals surface area contributed by atoms with Gasteiger partial charge in [0.15, 0.2) is 6.17 Å². The fourth-order valence-electron chi connectivity index (χ4n) is 1.04. The molecule has 0 heterocycles. The lowest BCUT2D eigenvalue weighted by atomic mass is 10.0. The van der Waals surface area contributed by atoms with Gasteiger partial charge in [0.25, 0.3) is 6.29 Å². The molecule has 1 rings (SSSR count). The minimum atomic E-state index is -4.16. The molecular weight excluding hydrogens is 230 g/mol. The molecule has 0 fully saturated rings. The Morgan fingerprint density at radius 2 is 1.81 bits per heavy atom. The fourth-order valence-corrected chi connectivity index (χ4v) is 1.04. The van der Waals surface area contributed by atoms with Crippen LogP contribution in [0.3, 0.4) is 0 Å². The minimum Gasteiger partial charge on any atom is -0.508 e. The second-order valence-corrected chi connectivity index (χ2v) is 2.96. The number of aromatic hydroxyl groups is 1. The monoisotopic (exact) mass is 236 g/mol. The quantitative estimate of drug-likeness (QED) is 0.495. The first-order valence-corrected chi connectivity index (χ1v) is 4.05. The molecule has 0 bridgehead atoms. The van der Waals surface area contributed by atoms with E-state index < -0.39 is 22.9 Å². The highest BCUT2D eigenvalue weighted by atomic mass is 19.4. The highest BCUT2D eigenvalue weighted by molar-refractivity contribution is 5.64. The van der Waals surface area contributed by atoms with E-state index in [-0.39, 0.29) is 5.75 Å². The number of phenols is 1. The Balaban J connectivity index is 3.04. The molecule has 1 N–H and O–H groups in total. The van der Waals surface area contributed by atoms with Crippen molar-refractivity contribution in [2.75, 3.05) is 0 Å². The highest BCUT2D eigenvalue weighted by Crippen LogP contribution is 2.35. The molecule has 0 aromatic heterocycles. The largest absolute Gasteiger partial charge is 0.508 e. The van der Waals surface area contributed by atoms with Gasteiger partial charge < -0.3 is 5.11 Å². The summed E-state index contributed by atoms with van der Waals surface area (Å²) < 4.78 is 50.5. The maximum Gasteiger partial charge on any atom is 0.321 e. The van der Waals surface area contributed by atoms with Gasteiger partial charge in [0.1, 0.15) is 5.75 Å². The zero-order valence-electron chi connectivity index (χ0n) is 7.70. The molecule has 3 nitrogen and oxygen atoms in total. The Hall–Kier alpha value is -1.63. The van der Waals surface area contributed by atoms with Gasteiger partial charge in [-0.25, -0.2) is 8.78 Å². The van der Waals surface area contributed by atoms with Gasteiger partial charge in [0.05, 0.1) is 5.34 Å². The van der Waals surface area contributed by atoms with Crippen LogP contribution in [-0.2, 0) is 4.79 Å². The summed E-state index contributed by atoms with van der Waals surface area (Å²) in [5, 5.41) is 6.67. The SMILES string of the molecule is O=[C][C@](F)(C(F)c1ccc(O)cc1)N(F)F. The van der Waals surface area contributed by atoms with Crippen LogP contribution in [0.2, 0.25) is 0 Å². The molecule has 1 aromatic rings. The number of benzene rings is 1. The molecule has 0 amide bonds. The lowest BCUT2D eigenvalue weighted by Gasteiger charge is -2.21. The van der Waals surface area contributed by atoms with E-state index in [0.29, 0.717) is 6.29 Å². The topological polar surface area (TPSA) is 40.5 Å². The second kappa shape index (κ2) is 4.48. The third-order valence-corrected chi connectivity index (χ3v) is 1.91. The normalized spacial score (nSPS) is 16.8. The Bertz CT molecular complexity index is 370. The molecule has 0 saturated carbocycles. The number of alkyl halides is 2. The molecule has 0 aliphatic rings. The smallest absolute Gasteiger partial charge is 0.321 e. The third-order valence-electron chi connectivity index (χ3n) is 1.91. The second-order valence-electron chi connectivity index (χ2n) is 2.96. The maximum absolute atomic E-state index is 13.3. The zero-order chi connectivity index (χ0) is 12.3. The third kappa shape index (κ3) is 2.13. The van der Waals surface area contributed by atoms with Crippen molar-refractivity contribution in [3.05, 3.63) is 29.8 Å². The van der Waals surface area contributed by atoms with Gasteiger partial charge in [-0.1, -0.05) is 21.1 Å². The van der Waals surface area contributed by atoms with Crippen molar-refractivity contribution in [2.45, 2.75) is 12.0 Å². The van der Waals surface area contributed by atoms with E-state index in [1.54, 1.807) is 0 Å². The van der Waals surface area contributed by atoms with Crippen LogP contribution in [0.4, 0.5) is 17.7 Å². The van der Waals surface area contributed by atoms with Crippen molar-refractivity contribution in [2.24, 2.45) is 0 Å². The molecule has 0 spiro atoms. The van der Waals surface area contributed by atoms with E-state index in [1.807, 2.05) is 0 Å². The first-order valence-electron chi connectivity index (χ1n) is 4.05. The molecule has 0 aliphatic heterocycles. The molecule has 7 heteroatoms.